The normalized spacial score (nSPS) is 21.5. The first-order valence-corrected chi connectivity index (χ1v) is 5.21. The molecule has 1 aromatic heterocycles. The molecule has 13 heavy (non-hydrogen) atoms. The van der Waals surface area contributed by atoms with Crippen LogP contribution >= 0.6 is 0 Å². The number of fused-ring (bicyclic) bond motifs is 1. The number of unbranched alkanes of at least 4 members (excludes halogenated alkanes) is 1. The van der Waals surface area contributed by atoms with Gasteiger partial charge in [-0.2, -0.15) is 0 Å². The molecule has 1 atom stereocenters. The van der Waals surface area contributed by atoms with Gasteiger partial charge in [-0.25, -0.2) is 0 Å². The van der Waals surface area contributed by atoms with Crippen molar-refractivity contribution >= 4 is 0 Å². The van der Waals surface area contributed by atoms with Crippen molar-refractivity contribution in [1.29, 1.82) is 0 Å². The zero-order valence-corrected chi connectivity index (χ0v) is 8.18. The Morgan fingerprint density at radius 3 is 3.38 bits per heavy atom. The van der Waals surface area contributed by atoms with Crippen molar-refractivity contribution in [3.63, 3.8) is 0 Å². The van der Waals surface area contributed by atoms with Gasteiger partial charge in [0.05, 0.1) is 12.3 Å². The summed E-state index contributed by atoms with van der Waals surface area (Å²) in [5.74, 6) is 1.18. The van der Waals surface area contributed by atoms with Gasteiger partial charge in [-0.1, -0.05) is 19.8 Å². The number of hydrogen-bond acceptors (Lipinski definition) is 2. The summed E-state index contributed by atoms with van der Waals surface area (Å²) in [7, 11) is 0. The predicted molar refractivity (Wildman–Crippen MR) is 52.7 cm³/mol. The van der Waals surface area contributed by atoms with Crippen LogP contribution in [0.1, 0.15) is 43.6 Å². The van der Waals surface area contributed by atoms with Crippen LogP contribution in [0, 0.1) is 0 Å². The van der Waals surface area contributed by atoms with Crippen LogP contribution in [0.4, 0.5) is 0 Å². The highest BCUT2D eigenvalue weighted by Crippen LogP contribution is 2.27. The van der Waals surface area contributed by atoms with Crippen LogP contribution in [0.25, 0.3) is 0 Å². The Balaban J connectivity index is 2.07. The Labute approximate surface area is 79.3 Å². The second kappa shape index (κ2) is 3.97. The van der Waals surface area contributed by atoms with Gasteiger partial charge in [-0.15, -0.1) is 0 Å². The standard InChI is InChI=1S/C11H17NO/c1-2-3-4-10-11-9(5-7-12-10)6-8-13-11/h6,8,10,12H,2-5,7H2,1H3. The molecule has 2 rings (SSSR count). The predicted octanol–water partition coefficient (Wildman–Crippen LogP) is 2.66. The van der Waals surface area contributed by atoms with E-state index in [0.717, 1.165) is 13.0 Å². The Morgan fingerprint density at radius 1 is 1.62 bits per heavy atom. The summed E-state index contributed by atoms with van der Waals surface area (Å²) in [6, 6.07) is 2.58. The molecular weight excluding hydrogens is 162 g/mol. The van der Waals surface area contributed by atoms with Gasteiger partial charge in [-0.3, -0.25) is 0 Å². The van der Waals surface area contributed by atoms with E-state index in [1.54, 1.807) is 0 Å². The van der Waals surface area contributed by atoms with Gasteiger partial charge in [-0.05, 0) is 31.0 Å². The minimum atomic E-state index is 0.471. The van der Waals surface area contributed by atoms with Gasteiger partial charge < -0.3 is 9.73 Å². The van der Waals surface area contributed by atoms with E-state index in [0.29, 0.717) is 6.04 Å². The number of hydrogen-bond donors (Lipinski definition) is 1. The van der Waals surface area contributed by atoms with Crippen molar-refractivity contribution in [2.24, 2.45) is 0 Å². The lowest BCUT2D eigenvalue weighted by molar-refractivity contribution is 0.368. The van der Waals surface area contributed by atoms with E-state index in [2.05, 4.69) is 18.3 Å². The molecule has 0 aromatic carbocycles. The lowest BCUT2D eigenvalue weighted by Crippen LogP contribution is -2.28. The van der Waals surface area contributed by atoms with Crippen LogP contribution in [-0.4, -0.2) is 6.54 Å². The van der Waals surface area contributed by atoms with Crippen LogP contribution < -0.4 is 5.32 Å². The van der Waals surface area contributed by atoms with E-state index >= 15 is 0 Å². The zero-order valence-electron chi connectivity index (χ0n) is 8.18. The number of furan rings is 1. The van der Waals surface area contributed by atoms with Crippen molar-refractivity contribution in [1.82, 2.24) is 5.32 Å². The van der Waals surface area contributed by atoms with Crippen LogP contribution in [0.2, 0.25) is 0 Å². The molecule has 0 fully saturated rings. The average molecular weight is 179 g/mol. The van der Waals surface area contributed by atoms with Gasteiger partial charge in [0, 0.05) is 0 Å². The fraction of sp³-hybridized carbons (Fsp3) is 0.636. The molecule has 1 aliphatic rings. The summed E-state index contributed by atoms with van der Waals surface area (Å²) in [6.07, 6.45) is 6.67. The molecule has 2 nitrogen and oxygen atoms in total. The van der Waals surface area contributed by atoms with Crippen molar-refractivity contribution in [3.05, 3.63) is 23.7 Å². The van der Waals surface area contributed by atoms with E-state index in [4.69, 9.17) is 4.42 Å². The highest BCUT2D eigenvalue weighted by Gasteiger charge is 2.21. The van der Waals surface area contributed by atoms with E-state index in [-0.39, 0.29) is 0 Å². The number of nitrogens with one attached hydrogen (secondary N) is 1. The maximum Gasteiger partial charge on any atom is 0.123 e. The molecular formula is C11H17NO. The fourth-order valence-electron chi connectivity index (χ4n) is 1.97. The molecule has 2 heteroatoms. The van der Waals surface area contributed by atoms with Crippen LogP contribution in [0.3, 0.4) is 0 Å². The minimum absolute atomic E-state index is 0.471. The topological polar surface area (TPSA) is 25.2 Å². The monoisotopic (exact) mass is 179 g/mol. The highest BCUT2D eigenvalue weighted by molar-refractivity contribution is 5.23. The fourth-order valence-corrected chi connectivity index (χ4v) is 1.97. The van der Waals surface area contributed by atoms with Gasteiger partial charge >= 0.3 is 0 Å². The summed E-state index contributed by atoms with van der Waals surface area (Å²) in [4.78, 5) is 0. The molecule has 1 N–H and O–H groups in total. The van der Waals surface area contributed by atoms with Gasteiger partial charge in [0.25, 0.3) is 0 Å². The molecule has 1 unspecified atom stereocenters. The molecule has 0 amide bonds. The van der Waals surface area contributed by atoms with Crippen LogP contribution in [-0.2, 0) is 6.42 Å². The average Bonchev–Trinajstić information content (AvgIpc) is 2.62. The Hall–Kier alpha value is -0.760. The molecule has 0 bridgehead atoms. The van der Waals surface area contributed by atoms with Crippen molar-refractivity contribution in [2.75, 3.05) is 6.54 Å². The molecule has 0 saturated heterocycles. The first-order chi connectivity index (χ1) is 6.42. The smallest absolute Gasteiger partial charge is 0.123 e. The summed E-state index contributed by atoms with van der Waals surface area (Å²) in [5.41, 5.74) is 1.40. The Kier molecular flexibility index (Phi) is 2.69. The molecule has 0 aliphatic carbocycles. The molecule has 2 heterocycles. The second-order valence-corrected chi connectivity index (χ2v) is 3.71. The maximum atomic E-state index is 5.50. The lowest BCUT2D eigenvalue weighted by Gasteiger charge is -2.22. The molecule has 1 aliphatic heterocycles. The van der Waals surface area contributed by atoms with Crippen LogP contribution in [0.15, 0.2) is 16.7 Å². The van der Waals surface area contributed by atoms with E-state index in [1.807, 2.05) is 6.26 Å². The van der Waals surface area contributed by atoms with E-state index in [1.165, 1.54) is 30.6 Å². The van der Waals surface area contributed by atoms with Crippen molar-refractivity contribution in [3.8, 4) is 0 Å². The van der Waals surface area contributed by atoms with Gasteiger partial charge in [0.1, 0.15) is 5.76 Å². The first-order valence-electron chi connectivity index (χ1n) is 5.21. The lowest BCUT2D eigenvalue weighted by atomic mass is 9.99. The largest absolute Gasteiger partial charge is 0.467 e. The number of rotatable bonds is 3. The second-order valence-electron chi connectivity index (χ2n) is 3.71. The molecule has 0 radical (unpaired) electrons. The van der Waals surface area contributed by atoms with Gasteiger partial charge in [0.2, 0.25) is 0 Å². The Morgan fingerprint density at radius 2 is 2.54 bits per heavy atom. The third-order valence-electron chi connectivity index (χ3n) is 2.73. The molecule has 1 aromatic rings. The quantitative estimate of drug-likeness (QED) is 0.771. The Bertz CT molecular complexity index is 267. The van der Waals surface area contributed by atoms with E-state index < -0.39 is 0 Å². The van der Waals surface area contributed by atoms with Gasteiger partial charge in [0.15, 0.2) is 0 Å². The minimum Gasteiger partial charge on any atom is -0.467 e. The summed E-state index contributed by atoms with van der Waals surface area (Å²) in [5, 5.41) is 3.50. The van der Waals surface area contributed by atoms with Crippen molar-refractivity contribution < 1.29 is 4.42 Å². The van der Waals surface area contributed by atoms with Crippen molar-refractivity contribution in [2.45, 2.75) is 38.6 Å². The zero-order chi connectivity index (χ0) is 9.10. The molecule has 72 valence electrons. The third-order valence-corrected chi connectivity index (χ3v) is 2.73. The summed E-state index contributed by atoms with van der Waals surface area (Å²) >= 11 is 0. The SMILES string of the molecule is CCCCC1NCCc2ccoc21. The maximum absolute atomic E-state index is 5.50. The summed E-state index contributed by atoms with van der Waals surface area (Å²) < 4.78 is 5.50. The highest BCUT2D eigenvalue weighted by atomic mass is 16.3. The summed E-state index contributed by atoms with van der Waals surface area (Å²) in [6.45, 7) is 3.33. The molecule has 0 saturated carbocycles. The van der Waals surface area contributed by atoms with Crippen LogP contribution in [0.5, 0.6) is 0 Å². The van der Waals surface area contributed by atoms with E-state index in [9.17, 15) is 0 Å². The first kappa shape index (κ1) is 8.82. The third kappa shape index (κ3) is 1.78. The molecule has 0 spiro atoms.